The quantitative estimate of drug-likeness (QED) is 0.687. The molecule has 1 aromatic carbocycles. The van der Waals surface area contributed by atoms with Gasteiger partial charge in [-0.1, -0.05) is 38.1 Å². The highest BCUT2D eigenvalue weighted by molar-refractivity contribution is 7.90. The first-order chi connectivity index (χ1) is 14.1. The topological polar surface area (TPSA) is 72.9 Å². The van der Waals surface area contributed by atoms with Crippen LogP contribution < -0.4 is 0 Å². The third-order valence-corrected chi connectivity index (χ3v) is 10.2. The van der Waals surface area contributed by atoms with Crippen LogP contribution in [0.15, 0.2) is 30.3 Å². The van der Waals surface area contributed by atoms with E-state index in [4.69, 9.17) is 9.47 Å². The number of hydrogen-bond acceptors (Lipinski definition) is 5. The molecule has 0 unspecified atom stereocenters. The maximum absolute atomic E-state index is 13.2. The van der Waals surface area contributed by atoms with Gasteiger partial charge in [0.25, 0.3) is 5.91 Å². The fourth-order valence-electron chi connectivity index (χ4n) is 6.54. The van der Waals surface area contributed by atoms with Crippen LogP contribution in [0.5, 0.6) is 0 Å². The molecular formula is C23H29NO5S. The Morgan fingerprint density at radius 2 is 1.87 bits per heavy atom. The monoisotopic (exact) mass is 431 g/mol. The molecule has 2 aliphatic carbocycles. The molecule has 162 valence electrons. The van der Waals surface area contributed by atoms with E-state index in [-0.39, 0.29) is 22.6 Å². The van der Waals surface area contributed by atoms with Gasteiger partial charge in [-0.25, -0.2) is 12.7 Å². The molecule has 2 bridgehead atoms. The molecule has 0 aromatic heterocycles. The lowest BCUT2D eigenvalue weighted by atomic mass is 9.69. The molecular weight excluding hydrogens is 402 g/mol. The summed E-state index contributed by atoms with van der Waals surface area (Å²) in [6, 6.07) is 7.36. The van der Waals surface area contributed by atoms with Crippen molar-refractivity contribution in [3.05, 3.63) is 41.5 Å². The van der Waals surface area contributed by atoms with Crippen molar-refractivity contribution >= 4 is 22.0 Å². The number of benzene rings is 1. The van der Waals surface area contributed by atoms with Gasteiger partial charge in [-0.15, -0.1) is 0 Å². The maximum Gasteiger partial charge on any atom is 0.260 e. The Balaban J connectivity index is 1.45. The molecule has 4 fully saturated rings. The molecule has 2 saturated heterocycles. The summed E-state index contributed by atoms with van der Waals surface area (Å²) in [5.74, 6) is -0.741. The van der Waals surface area contributed by atoms with Crippen molar-refractivity contribution in [1.82, 2.24) is 4.31 Å². The van der Waals surface area contributed by atoms with Crippen LogP contribution in [0.25, 0.3) is 6.08 Å². The van der Waals surface area contributed by atoms with E-state index in [1.807, 2.05) is 31.2 Å². The number of carbonyl (C=O) groups is 1. The second-order valence-electron chi connectivity index (χ2n) is 9.82. The number of fused-ring (bicyclic) bond motifs is 1. The molecule has 2 saturated carbocycles. The van der Waals surface area contributed by atoms with Crippen molar-refractivity contribution < 1.29 is 22.7 Å². The molecule has 0 N–H and O–H groups in total. The minimum absolute atomic E-state index is 0.0537. The summed E-state index contributed by atoms with van der Waals surface area (Å²) in [5.41, 5.74) is 1.25. The molecule has 2 heterocycles. The van der Waals surface area contributed by atoms with E-state index in [9.17, 15) is 13.2 Å². The predicted octanol–water partition coefficient (Wildman–Crippen LogP) is 3.29. The second-order valence-corrected chi connectivity index (χ2v) is 11.7. The number of hydrogen-bond donors (Lipinski definition) is 0. The van der Waals surface area contributed by atoms with Crippen molar-refractivity contribution in [1.29, 1.82) is 0 Å². The minimum Gasteiger partial charge on any atom is -0.344 e. The van der Waals surface area contributed by atoms with E-state index in [1.165, 1.54) is 10.4 Å². The molecule has 30 heavy (non-hydrogen) atoms. The van der Waals surface area contributed by atoms with Crippen LogP contribution in [0, 0.1) is 16.7 Å². The lowest BCUT2D eigenvalue weighted by Crippen LogP contribution is -2.43. The third kappa shape index (κ3) is 2.61. The first kappa shape index (κ1) is 20.2. The van der Waals surface area contributed by atoms with Gasteiger partial charge in [0.1, 0.15) is 0 Å². The molecule has 0 radical (unpaired) electrons. The zero-order valence-corrected chi connectivity index (χ0v) is 18.6. The Morgan fingerprint density at radius 1 is 1.17 bits per heavy atom. The Hall–Kier alpha value is -1.70. The molecule has 1 spiro atoms. The first-order valence-corrected chi connectivity index (χ1v) is 12.3. The number of ether oxygens (including phenoxy) is 2. The Bertz CT molecular complexity index is 1020. The Morgan fingerprint density at radius 3 is 2.57 bits per heavy atom. The van der Waals surface area contributed by atoms with Crippen LogP contribution >= 0.6 is 0 Å². The van der Waals surface area contributed by atoms with E-state index < -0.39 is 21.7 Å². The SMILES string of the molecule is CC1(c2ccccc2/C=C/C(=O)N2[C@H]3C[C@@H]4CC[C@@]3(CS2(=O)=O)C4(C)C)OCCO1. The van der Waals surface area contributed by atoms with Gasteiger partial charge in [0.05, 0.1) is 25.0 Å². The van der Waals surface area contributed by atoms with Gasteiger partial charge in [0.2, 0.25) is 10.0 Å². The van der Waals surface area contributed by atoms with Crippen LogP contribution in [0.1, 0.15) is 51.2 Å². The van der Waals surface area contributed by atoms with Gasteiger partial charge < -0.3 is 9.47 Å². The molecule has 1 amide bonds. The summed E-state index contributed by atoms with van der Waals surface area (Å²) in [7, 11) is -3.62. The molecule has 5 rings (SSSR count). The van der Waals surface area contributed by atoms with Gasteiger partial charge >= 0.3 is 0 Å². The highest BCUT2D eigenvalue weighted by Crippen LogP contribution is 2.69. The fourth-order valence-corrected chi connectivity index (χ4v) is 9.05. The second kappa shape index (κ2) is 6.40. The predicted molar refractivity (Wildman–Crippen MR) is 113 cm³/mol. The largest absolute Gasteiger partial charge is 0.344 e. The molecule has 3 atom stereocenters. The Kier molecular flexibility index (Phi) is 4.32. The van der Waals surface area contributed by atoms with Crippen LogP contribution in [0.4, 0.5) is 0 Å². The van der Waals surface area contributed by atoms with Crippen molar-refractivity contribution in [2.45, 2.75) is 51.9 Å². The summed E-state index contributed by atoms with van der Waals surface area (Å²) in [6.45, 7) is 7.26. The van der Waals surface area contributed by atoms with Gasteiger partial charge in [-0.05, 0) is 49.2 Å². The van der Waals surface area contributed by atoms with Gasteiger partial charge in [-0.3, -0.25) is 4.79 Å². The smallest absolute Gasteiger partial charge is 0.260 e. The lowest BCUT2D eigenvalue weighted by molar-refractivity contribution is -0.149. The zero-order valence-electron chi connectivity index (χ0n) is 17.8. The van der Waals surface area contributed by atoms with E-state index in [0.29, 0.717) is 19.1 Å². The van der Waals surface area contributed by atoms with E-state index >= 15 is 0 Å². The number of carbonyl (C=O) groups excluding carboxylic acids is 1. The average molecular weight is 432 g/mol. The van der Waals surface area contributed by atoms with E-state index in [1.54, 1.807) is 6.08 Å². The fraction of sp³-hybridized carbons (Fsp3) is 0.609. The molecule has 4 aliphatic rings. The normalized spacial score (nSPS) is 35.2. The van der Waals surface area contributed by atoms with Gasteiger partial charge in [0, 0.05) is 17.1 Å². The van der Waals surface area contributed by atoms with Crippen molar-refractivity contribution in [3.63, 3.8) is 0 Å². The molecule has 2 aliphatic heterocycles. The molecule has 1 aromatic rings. The van der Waals surface area contributed by atoms with Crippen LogP contribution in [-0.4, -0.2) is 43.6 Å². The summed E-state index contributed by atoms with van der Waals surface area (Å²) in [5, 5.41) is 0. The highest BCUT2D eigenvalue weighted by atomic mass is 32.2. The zero-order chi connectivity index (χ0) is 21.4. The molecule has 7 heteroatoms. The third-order valence-electron chi connectivity index (χ3n) is 8.32. The lowest BCUT2D eigenvalue weighted by Gasteiger charge is -2.36. The number of rotatable bonds is 3. The summed E-state index contributed by atoms with van der Waals surface area (Å²) in [4.78, 5) is 13.2. The average Bonchev–Trinajstić information content (AvgIpc) is 3.35. The summed E-state index contributed by atoms with van der Waals surface area (Å²) < 4.78 is 38.8. The van der Waals surface area contributed by atoms with Crippen molar-refractivity contribution in [2.24, 2.45) is 16.7 Å². The highest BCUT2D eigenvalue weighted by Gasteiger charge is 2.72. The minimum atomic E-state index is -3.62. The van der Waals surface area contributed by atoms with Crippen LogP contribution in [-0.2, 0) is 30.1 Å². The van der Waals surface area contributed by atoms with Crippen LogP contribution in [0.2, 0.25) is 0 Å². The van der Waals surface area contributed by atoms with Gasteiger partial charge in [-0.2, -0.15) is 0 Å². The number of sulfonamides is 1. The summed E-state index contributed by atoms with van der Waals surface area (Å²) >= 11 is 0. The maximum atomic E-state index is 13.2. The number of amides is 1. The van der Waals surface area contributed by atoms with E-state index in [2.05, 4.69) is 13.8 Å². The Labute approximate surface area is 178 Å². The first-order valence-electron chi connectivity index (χ1n) is 10.7. The summed E-state index contributed by atoms with van der Waals surface area (Å²) in [6.07, 6.45) is 5.81. The van der Waals surface area contributed by atoms with Crippen molar-refractivity contribution in [2.75, 3.05) is 19.0 Å². The van der Waals surface area contributed by atoms with Gasteiger partial charge in [0.15, 0.2) is 5.79 Å². The van der Waals surface area contributed by atoms with Crippen LogP contribution in [0.3, 0.4) is 0 Å². The molecule has 6 nitrogen and oxygen atoms in total. The number of nitrogens with zero attached hydrogens (tertiary/aromatic N) is 1. The standard InChI is InChI=1S/C23H29NO5S/c1-21(2)17-10-11-23(21)15-30(26,27)24(19(23)14-17)20(25)9-8-16-6-4-5-7-18(16)22(3)28-12-13-29-22/h4-9,17,19H,10-15H2,1-3H3/b9-8+/t17-,19-,23-/m0/s1. The van der Waals surface area contributed by atoms with E-state index in [0.717, 1.165) is 30.4 Å². The van der Waals surface area contributed by atoms with Crippen molar-refractivity contribution in [3.8, 4) is 0 Å².